The van der Waals surface area contributed by atoms with Crippen LogP contribution in [0.5, 0.6) is 0 Å². The Balaban J connectivity index is 1.77. The van der Waals surface area contributed by atoms with E-state index in [9.17, 15) is 18.0 Å². The van der Waals surface area contributed by atoms with Crippen LogP contribution in [0.4, 0.5) is 10.5 Å². The monoisotopic (exact) mass is 504 g/mol. The summed E-state index contributed by atoms with van der Waals surface area (Å²) in [5.74, 6) is -0.340. The molecule has 1 aliphatic rings. The smallest absolute Gasteiger partial charge is 0.407 e. The van der Waals surface area contributed by atoms with Gasteiger partial charge in [-0.05, 0) is 42.0 Å². The molecule has 11 heteroatoms. The van der Waals surface area contributed by atoms with E-state index in [1.165, 1.54) is 7.11 Å². The Hall–Kier alpha value is -3.18. The predicted molar refractivity (Wildman–Crippen MR) is 134 cm³/mol. The molecule has 1 unspecified atom stereocenters. The van der Waals surface area contributed by atoms with E-state index >= 15 is 0 Å². The number of nitrogens with one attached hydrogen (secondary N) is 4. The number of anilines is 1. The summed E-state index contributed by atoms with van der Waals surface area (Å²) in [6.45, 7) is 2.02. The van der Waals surface area contributed by atoms with Gasteiger partial charge in [-0.2, -0.15) is 0 Å². The van der Waals surface area contributed by atoms with Gasteiger partial charge in [0.05, 0.1) is 18.5 Å². The molecule has 34 heavy (non-hydrogen) atoms. The summed E-state index contributed by atoms with van der Waals surface area (Å²) in [4.78, 5) is 25.2. The fraction of sp³-hybridized carbons (Fsp3) is 0.304. The third-order valence-electron chi connectivity index (χ3n) is 5.15. The van der Waals surface area contributed by atoms with Crippen LogP contribution in [-0.2, 0) is 33.3 Å². The topological polar surface area (TPSA) is 126 Å². The van der Waals surface area contributed by atoms with E-state index in [0.717, 1.165) is 16.8 Å². The van der Waals surface area contributed by atoms with Crippen molar-refractivity contribution >= 4 is 40.3 Å². The normalized spacial score (nSPS) is 16.7. The van der Waals surface area contributed by atoms with Crippen LogP contribution in [0.1, 0.15) is 18.1 Å². The number of benzene rings is 2. The second-order valence-electron chi connectivity index (χ2n) is 7.71. The number of thioether (sulfide) groups is 1. The van der Waals surface area contributed by atoms with Crippen molar-refractivity contribution in [2.75, 3.05) is 11.8 Å². The maximum Gasteiger partial charge on any atom is 0.407 e. The molecule has 0 aromatic heterocycles. The fourth-order valence-electron chi connectivity index (χ4n) is 3.49. The summed E-state index contributed by atoms with van der Waals surface area (Å²) in [5, 5.41) is 11.2. The fourth-order valence-corrected chi connectivity index (χ4v) is 4.64. The molecule has 3 rings (SSSR count). The number of methoxy groups -OCH3 is 1. The third-order valence-corrected chi connectivity index (χ3v) is 6.51. The first-order valence-electron chi connectivity index (χ1n) is 10.6. The van der Waals surface area contributed by atoms with E-state index in [4.69, 9.17) is 4.74 Å². The average molecular weight is 505 g/mol. The van der Waals surface area contributed by atoms with Crippen molar-refractivity contribution in [3.8, 4) is 0 Å². The lowest BCUT2D eigenvalue weighted by molar-refractivity contribution is -0.123. The molecule has 0 bridgehead atoms. The number of amides is 2. The highest BCUT2D eigenvalue weighted by atomic mass is 32.2. The zero-order valence-corrected chi connectivity index (χ0v) is 20.5. The number of hydrogen-bond acceptors (Lipinski definition) is 7. The molecule has 1 heterocycles. The first-order chi connectivity index (χ1) is 16.3. The highest BCUT2D eigenvalue weighted by Gasteiger charge is 2.28. The van der Waals surface area contributed by atoms with Crippen LogP contribution in [0.2, 0.25) is 0 Å². The zero-order valence-electron chi connectivity index (χ0n) is 18.8. The van der Waals surface area contributed by atoms with Crippen LogP contribution in [-0.4, -0.2) is 45.0 Å². The minimum Gasteiger partial charge on any atom is -0.453 e. The molecule has 0 saturated carbocycles. The number of rotatable bonds is 10. The molecule has 3 atom stereocenters. The van der Waals surface area contributed by atoms with Gasteiger partial charge in [0.25, 0.3) is 0 Å². The molecule has 2 aromatic rings. The van der Waals surface area contributed by atoms with Gasteiger partial charge < -0.3 is 20.7 Å². The zero-order chi connectivity index (χ0) is 24.5. The van der Waals surface area contributed by atoms with Crippen LogP contribution < -0.4 is 20.7 Å². The first-order valence-corrected chi connectivity index (χ1v) is 12.8. The van der Waals surface area contributed by atoms with E-state index in [-0.39, 0.29) is 17.3 Å². The van der Waals surface area contributed by atoms with Gasteiger partial charge in [-0.25, -0.2) is 13.2 Å². The summed E-state index contributed by atoms with van der Waals surface area (Å²) in [5.41, 5.74) is 3.14. The SMILES string of the molecule is COC(=O)N[C@@H](Cc1ccccc1)C(=O)N[C@@H](Cc1ccc(N[SH](=O)=O)cc1)C1=CSC(C)N1. The van der Waals surface area contributed by atoms with E-state index in [2.05, 4.69) is 20.7 Å². The highest BCUT2D eigenvalue weighted by molar-refractivity contribution is 8.02. The van der Waals surface area contributed by atoms with Crippen molar-refractivity contribution < 1.29 is 22.7 Å². The number of carbonyl (C=O) groups excluding carboxylic acids is 2. The summed E-state index contributed by atoms with van der Waals surface area (Å²) in [6.07, 6.45) is 0.0902. The van der Waals surface area contributed by atoms with Crippen LogP contribution in [0.3, 0.4) is 0 Å². The highest BCUT2D eigenvalue weighted by Crippen LogP contribution is 2.24. The minimum atomic E-state index is -2.74. The van der Waals surface area contributed by atoms with Gasteiger partial charge >= 0.3 is 6.09 Å². The Labute approximate surface area is 204 Å². The molecule has 4 N–H and O–H groups in total. The summed E-state index contributed by atoms with van der Waals surface area (Å²) in [6, 6.07) is 15.2. The van der Waals surface area contributed by atoms with Gasteiger partial charge in [-0.3, -0.25) is 9.52 Å². The molecule has 0 spiro atoms. The molecule has 2 aromatic carbocycles. The van der Waals surface area contributed by atoms with Gasteiger partial charge in [0.2, 0.25) is 16.8 Å². The largest absolute Gasteiger partial charge is 0.453 e. The van der Waals surface area contributed by atoms with Gasteiger partial charge in [0.15, 0.2) is 0 Å². The quantitative estimate of drug-likeness (QED) is 0.314. The Morgan fingerprint density at radius 3 is 2.29 bits per heavy atom. The number of alkyl carbamates (subject to hydrolysis) is 1. The molecule has 9 nitrogen and oxygen atoms in total. The van der Waals surface area contributed by atoms with Gasteiger partial charge in [-0.15, -0.1) is 11.8 Å². The van der Waals surface area contributed by atoms with Crippen LogP contribution in [0.25, 0.3) is 0 Å². The molecule has 2 amide bonds. The predicted octanol–water partition coefficient (Wildman–Crippen LogP) is 2.14. The first kappa shape index (κ1) is 25.4. The number of carbonyl (C=O) groups is 2. The molecule has 0 aliphatic carbocycles. The van der Waals surface area contributed by atoms with Crippen molar-refractivity contribution in [3.05, 3.63) is 76.8 Å². The molecular formula is C23H28N4O5S2. The summed E-state index contributed by atoms with van der Waals surface area (Å²) < 4.78 is 28.8. The van der Waals surface area contributed by atoms with Crippen LogP contribution >= 0.6 is 11.8 Å². The number of thiol groups is 1. The van der Waals surface area contributed by atoms with E-state index in [1.807, 2.05) is 42.7 Å². The van der Waals surface area contributed by atoms with Crippen molar-refractivity contribution in [2.45, 2.75) is 37.2 Å². The molecule has 0 radical (unpaired) electrons. The van der Waals surface area contributed by atoms with Crippen LogP contribution in [0, 0.1) is 0 Å². The lowest BCUT2D eigenvalue weighted by Crippen LogP contribution is -2.52. The number of ether oxygens (including phenoxy) is 1. The third kappa shape index (κ3) is 7.70. The van der Waals surface area contributed by atoms with E-state index < -0.39 is 23.0 Å². The van der Waals surface area contributed by atoms with Crippen LogP contribution in [0.15, 0.2) is 65.7 Å². The van der Waals surface area contributed by atoms with Gasteiger partial charge in [-0.1, -0.05) is 42.5 Å². The molecule has 1 aliphatic heterocycles. The second kappa shape index (κ2) is 12.3. The van der Waals surface area contributed by atoms with Gasteiger partial charge in [0, 0.05) is 17.8 Å². The molecule has 0 saturated heterocycles. The minimum absolute atomic E-state index is 0.169. The summed E-state index contributed by atoms with van der Waals surface area (Å²) >= 11 is 1.61. The summed E-state index contributed by atoms with van der Waals surface area (Å²) in [7, 11) is -1.49. The second-order valence-corrected chi connectivity index (χ2v) is 9.66. The molecule has 0 fully saturated rings. The van der Waals surface area contributed by atoms with E-state index in [1.54, 1.807) is 36.0 Å². The Bertz CT molecular complexity index is 1080. The standard InChI is InChI=1S/C23H28N4O5S2/c1-15-24-21(14-33-15)19(12-17-8-10-18(11-9-17)27-34(30)31)25-22(28)20(26-23(29)32-2)13-16-6-4-3-5-7-16/h3-11,14-15,19-20,24,34H,12-13H2,1-2H3,(H,25,28)(H,26,29)(H,27,30,31)/t15?,19-,20-/m0/s1. The lowest BCUT2D eigenvalue weighted by atomic mass is 10.0. The average Bonchev–Trinajstić information content (AvgIpc) is 3.25. The molecule has 182 valence electrons. The molecular weight excluding hydrogens is 476 g/mol. The maximum absolute atomic E-state index is 13.3. The Morgan fingerprint density at radius 1 is 1.03 bits per heavy atom. The Kier molecular flexibility index (Phi) is 9.23. The van der Waals surface area contributed by atoms with Crippen molar-refractivity contribution in [1.29, 1.82) is 0 Å². The Morgan fingerprint density at radius 2 is 1.71 bits per heavy atom. The van der Waals surface area contributed by atoms with Crippen molar-refractivity contribution in [1.82, 2.24) is 16.0 Å². The van der Waals surface area contributed by atoms with Gasteiger partial charge in [0.1, 0.15) is 6.04 Å². The van der Waals surface area contributed by atoms with E-state index in [0.29, 0.717) is 18.5 Å². The lowest BCUT2D eigenvalue weighted by Gasteiger charge is -2.25. The number of hydrogen-bond donors (Lipinski definition) is 5. The van der Waals surface area contributed by atoms with Crippen molar-refractivity contribution in [2.24, 2.45) is 0 Å². The van der Waals surface area contributed by atoms with Crippen molar-refractivity contribution in [3.63, 3.8) is 0 Å². The maximum atomic E-state index is 13.3.